The van der Waals surface area contributed by atoms with Gasteiger partial charge in [-0.3, -0.25) is 4.79 Å². The van der Waals surface area contributed by atoms with Gasteiger partial charge >= 0.3 is 12.1 Å². The smallest absolute Gasteiger partial charge is 0.403 e. The molecule has 0 aliphatic carbocycles. The van der Waals surface area contributed by atoms with Crippen molar-refractivity contribution in [3.8, 4) is 0 Å². The van der Waals surface area contributed by atoms with E-state index in [0.717, 1.165) is 12.1 Å². The van der Waals surface area contributed by atoms with Crippen molar-refractivity contribution in [2.45, 2.75) is 11.1 Å². The Morgan fingerprint density at radius 2 is 1.74 bits per heavy atom. The summed E-state index contributed by atoms with van der Waals surface area (Å²) in [5, 5.41) is 8.47. The van der Waals surface area contributed by atoms with Crippen LogP contribution in [0.4, 0.5) is 13.2 Å². The Morgan fingerprint density at radius 1 is 1.26 bits per heavy atom. The molecule has 0 fully saturated rings. The number of rotatable bonds is 4. The average Bonchev–Trinajstić information content (AvgIpc) is 2.24. The summed E-state index contributed by atoms with van der Waals surface area (Å²) >= 11 is 3.05. The van der Waals surface area contributed by atoms with E-state index in [9.17, 15) is 26.4 Å². The minimum atomic E-state index is -5.12. The zero-order valence-electron chi connectivity index (χ0n) is 9.19. The summed E-state index contributed by atoms with van der Waals surface area (Å²) in [5.41, 5.74) is 0. The molecule has 0 amide bonds. The fourth-order valence-corrected chi connectivity index (χ4v) is 3.04. The first kappa shape index (κ1) is 16.0. The molecule has 0 saturated carbocycles. The molecule has 19 heavy (non-hydrogen) atoms. The van der Waals surface area contributed by atoms with Crippen LogP contribution in [0.15, 0.2) is 33.6 Å². The van der Waals surface area contributed by atoms with Gasteiger partial charge in [0.1, 0.15) is 0 Å². The van der Waals surface area contributed by atoms with Gasteiger partial charge in [-0.25, -0.2) is 8.42 Å². The van der Waals surface area contributed by atoms with E-state index in [1.54, 1.807) is 0 Å². The Kier molecular flexibility index (Phi) is 4.62. The van der Waals surface area contributed by atoms with Crippen LogP contribution in [0.3, 0.4) is 0 Å². The van der Waals surface area contributed by atoms with Crippen molar-refractivity contribution in [1.29, 1.82) is 0 Å². The first-order chi connectivity index (χ1) is 8.54. The zero-order chi connectivity index (χ0) is 14.8. The zero-order valence-corrected chi connectivity index (χ0v) is 11.6. The van der Waals surface area contributed by atoms with Crippen LogP contribution in [0.2, 0.25) is 0 Å². The SMILES string of the molecule is O=C(O)C(CS(=O)(=O)c1ccc(Br)cc1)C(F)(F)F. The van der Waals surface area contributed by atoms with Gasteiger partial charge in [0.25, 0.3) is 0 Å². The molecule has 0 saturated heterocycles. The van der Waals surface area contributed by atoms with Gasteiger partial charge < -0.3 is 5.11 Å². The van der Waals surface area contributed by atoms with E-state index in [4.69, 9.17) is 5.11 Å². The second-order valence-corrected chi connectivity index (χ2v) is 6.62. The molecule has 0 spiro atoms. The maximum absolute atomic E-state index is 12.4. The average molecular weight is 361 g/mol. The number of hydrogen-bond acceptors (Lipinski definition) is 3. The molecule has 1 N–H and O–H groups in total. The molecule has 0 aliphatic rings. The summed E-state index contributed by atoms with van der Waals surface area (Å²) in [4.78, 5) is 10.2. The maximum atomic E-state index is 12.4. The van der Waals surface area contributed by atoms with Crippen LogP contribution in [0, 0.1) is 5.92 Å². The van der Waals surface area contributed by atoms with Crippen molar-refractivity contribution >= 4 is 31.7 Å². The number of carbonyl (C=O) groups is 1. The molecular weight excluding hydrogens is 353 g/mol. The highest BCUT2D eigenvalue weighted by atomic mass is 79.9. The summed E-state index contributed by atoms with van der Waals surface area (Å²) in [6, 6.07) is 4.90. The van der Waals surface area contributed by atoms with E-state index in [-0.39, 0.29) is 4.90 Å². The summed E-state index contributed by atoms with van der Waals surface area (Å²) in [6.45, 7) is 0. The number of carboxylic acids is 1. The summed E-state index contributed by atoms with van der Waals surface area (Å²) in [6.07, 6.45) is -5.12. The molecule has 1 aromatic carbocycles. The van der Waals surface area contributed by atoms with Crippen molar-refractivity contribution in [2.24, 2.45) is 5.92 Å². The Labute approximate surface area is 115 Å². The van der Waals surface area contributed by atoms with Crippen LogP contribution in [0.1, 0.15) is 0 Å². The third-order valence-electron chi connectivity index (χ3n) is 2.25. The molecule has 0 bridgehead atoms. The first-order valence-corrected chi connectivity index (χ1v) is 7.26. The van der Waals surface area contributed by atoms with Crippen molar-refractivity contribution in [2.75, 3.05) is 5.75 Å². The highest BCUT2D eigenvalue weighted by Gasteiger charge is 2.47. The van der Waals surface area contributed by atoms with E-state index >= 15 is 0 Å². The van der Waals surface area contributed by atoms with E-state index in [1.807, 2.05) is 0 Å². The monoisotopic (exact) mass is 360 g/mol. The predicted molar refractivity (Wildman–Crippen MR) is 63.4 cm³/mol. The first-order valence-electron chi connectivity index (χ1n) is 4.82. The number of benzene rings is 1. The van der Waals surface area contributed by atoms with Crippen molar-refractivity contribution in [1.82, 2.24) is 0 Å². The number of alkyl halides is 3. The number of halogens is 4. The molecule has 1 rings (SSSR count). The number of sulfone groups is 1. The molecule has 0 aromatic heterocycles. The fraction of sp³-hybridized carbons (Fsp3) is 0.300. The Morgan fingerprint density at radius 3 is 2.11 bits per heavy atom. The fourth-order valence-electron chi connectivity index (χ4n) is 1.26. The molecule has 106 valence electrons. The third-order valence-corrected chi connectivity index (χ3v) is 4.54. The highest BCUT2D eigenvalue weighted by Crippen LogP contribution is 2.29. The Balaban J connectivity index is 3.08. The third kappa shape index (κ3) is 4.20. The minimum Gasteiger partial charge on any atom is -0.481 e. The lowest BCUT2D eigenvalue weighted by Crippen LogP contribution is -2.36. The van der Waals surface area contributed by atoms with Crippen LogP contribution in [0.5, 0.6) is 0 Å². The second kappa shape index (κ2) is 5.49. The minimum absolute atomic E-state index is 0.355. The Hall–Kier alpha value is -1.09. The van der Waals surface area contributed by atoms with Gasteiger partial charge in [0.15, 0.2) is 15.8 Å². The van der Waals surface area contributed by atoms with Crippen LogP contribution in [-0.2, 0) is 14.6 Å². The number of hydrogen-bond donors (Lipinski definition) is 1. The quantitative estimate of drug-likeness (QED) is 0.895. The van der Waals surface area contributed by atoms with E-state index < -0.39 is 33.7 Å². The molecule has 9 heteroatoms. The van der Waals surface area contributed by atoms with Gasteiger partial charge in [0.05, 0.1) is 10.6 Å². The van der Waals surface area contributed by atoms with Gasteiger partial charge in [-0.1, -0.05) is 15.9 Å². The van der Waals surface area contributed by atoms with Crippen LogP contribution in [-0.4, -0.2) is 31.4 Å². The van der Waals surface area contributed by atoms with Crippen molar-refractivity contribution < 1.29 is 31.5 Å². The van der Waals surface area contributed by atoms with Crippen molar-refractivity contribution in [3.05, 3.63) is 28.7 Å². The molecule has 1 atom stereocenters. The standard InChI is InChI=1S/C10H8BrF3O4S/c11-6-1-3-7(4-2-6)19(17,18)5-8(9(15)16)10(12,13)14/h1-4,8H,5H2,(H,15,16). The normalized spacial score (nSPS) is 14.1. The van der Waals surface area contributed by atoms with Crippen molar-refractivity contribution in [3.63, 3.8) is 0 Å². The number of carboxylic acid groups (broad SMARTS) is 1. The molecule has 4 nitrogen and oxygen atoms in total. The maximum Gasteiger partial charge on any atom is 0.403 e. The van der Waals surface area contributed by atoms with E-state index in [2.05, 4.69) is 15.9 Å². The van der Waals surface area contributed by atoms with Gasteiger partial charge in [-0.05, 0) is 24.3 Å². The van der Waals surface area contributed by atoms with Crippen LogP contribution < -0.4 is 0 Å². The molecular formula is C10H8BrF3O4S. The lowest BCUT2D eigenvalue weighted by Gasteiger charge is -2.16. The van der Waals surface area contributed by atoms with Crippen LogP contribution in [0.25, 0.3) is 0 Å². The van der Waals surface area contributed by atoms with Gasteiger partial charge in [0, 0.05) is 4.47 Å². The molecule has 0 heterocycles. The molecule has 1 unspecified atom stereocenters. The molecule has 0 radical (unpaired) electrons. The summed E-state index contributed by atoms with van der Waals surface area (Å²) < 4.78 is 61.3. The van der Waals surface area contributed by atoms with Gasteiger partial charge in [-0.15, -0.1) is 0 Å². The Bertz CT molecular complexity index is 565. The molecule has 1 aromatic rings. The second-order valence-electron chi connectivity index (χ2n) is 3.67. The topological polar surface area (TPSA) is 71.4 Å². The largest absolute Gasteiger partial charge is 0.481 e. The lowest BCUT2D eigenvalue weighted by molar-refractivity contribution is -0.189. The van der Waals surface area contributed by atoms with E-state index in [1.165, 1.54) is 12.1 Å². The summed E-state index contributed by atoms with van der Waals surface area (Å²) in [7, 11) is -4.33. The van der Waals surface area contributed by atoms with Crippen LogP contribution >= 0.6 is 15.9 Å². The van der Waals surface area contributed by atoms with Gasteiger partial charge in [-0.2, -0.15) is 13.2 Å². The highest BCUT2D eigenvalue weighted by molar-refractivity contribution is 9.10. The predicted octanol–water partition coefficient (Wildman–Crippen LogP) is 2.49. The number of aliphatic carboxylic acids is 1. The van der Waals surface area contributed by atoms with Gasteiger partial charge in [0.2, 0.25) is 0 Å². The molecule has 0 aliphatic heterocycles. The lowest BCUT2D eigenvalue weighted by atomic mass is 10.2. The van der Waals surface area contributed by atoms with E-state index in [0.29, 0.717) is 4.47 Å². The summed E-state index contributed by atoms with van der Waals surface area (Å²) in [5.74, 6) is -6.68.